The summed E-state index contributed by atoms with van der Waals surface area (Å²) in [5, 5.41) is 14.5. The summed E-state index contributed by atoms with van der Waals surface area (Å²) in [5.74, 6) is 0.778. The molecule has 1 fully saturated rings. The van der Waals surface area contributed by atoms with Gasteiger partial charge in [0.15, 0.2) is 0 Å². The van der Waals surface area contributed by atoms with E-state index in [9.17, 15) is 4.79 Å². The number of rotatable bonds is 3. The van der Waals surface area contributed by atoms with Crippen molar-refractivity contribution in [1.29, 1.82) is 0 Å². The van der Waals surface area contributed by atoms with Crippen LogP contribution in [0.3, 0.4) is 0 Å². The molecule has 2 aromatic carbocycles. The highest BCUT2D eigenvalue weighted by Gasteiger charge is 2.42. The van der Waals surface area contributed by atoms with Gasteiger partial charge in [-0.15, -0.1) is 5.10 Å². The molecule has 0 bridgehead atoms. The second-order valence-corrected chi connectivity index (χ2v) is 7.70. The number of carbonyl (C=O) groups is 1. The molecule has 0 aliphatic carbocycles. The lowest BCUT2D eigenvalue weighted by atomic mass is 9.81. The molecule has 7 heteroatoms. The number of para-hydroxylation sites is 1. The highest BCUT2D eigenvalue weighted by Crippen LogP contribution is 2.43. The zero-order valence-corrected chi connectivity index (χ0v) is 16.0. The van der Waals surface area contributed by atoms with E-state index >= 15 is 0 Å². The fourth-order valence-electron chi connectivity index (χ4n) is 4.31. The number of aromatic nitrogens is 3. The molecule has 1 saturated heterocycles. The molecule has 1 atom stereocenters. The van der Waals surface area contributed by atoms with Crippen LogP contribution in [0.2, 0.25) is 0 Å². The standard InChI is InChI=1S/C22H23N5O2/c28-21(16-4-3-5-17(14-16)27-13-12-24-26-27)25-19-15-22(8-10-23-11-9-22)29-20-7-2-1-6-18(19)20/h1-7,12-14,19,23H,8-11,15H2,(H,25,28). The Balaban J connectivity index is 1.42. The van der Waals surface area contributed by atoms with Crippen molar-refractivity contribution in [2.45, 2.75) is 30.9 Å². The molecule has 5 rings (SSSR count). The molecule has 3 aromatic rings. The van der Waals surface area contributed by atoms with Crippen molar-refractivity contribution < 1.29 is 9.53 Å². The monoisotopic (exact) mass is 389 g/mol. The van der Waals surface area contributed by atoms with Crippen LogP contribution in [0.1, 0.15) is 41.2 Å². The van der Waals surface area contributed by atoms with E-state index in [2.05, 4.69) is 20.9 Å². The van der Waals surface area contributed by atoms with E-state index in [4.69, 9.17) is 4.74 Å². The van der Waals surface area contributed by atoms with Crippen LogP contribution in [-0.2, 0) is 0 Å². The molecule has 0 saturated carbocycles. The van der Waals surface area contributed by atoms with Gasteiger partial charge in [0, 0.05) is 17.5 Å². The van der Waals surface area contributed by atoms with Gasteiger partial charge in [-0.25, -0.2) is 4.68 Å². The van der Waals surface area contributed by atoms with Crippen molar-refractivity contribution in [3.05, 3.63) is 72.1 Å². The van der Waals surface area contributed by atoms with E-state index in [1.807, 2.05) is 48.5 Å². The molecule has 2 aliphatic heterocycles. The fourth-order valence-corrected chi connectivity index (χ4v) is 4.31. The Hall–Kier alpha value is -3.19. The number of nitrogens with zero attached hydrogens (tertiary/aromatic N) is 3. The first-order valence-electron chi connectivity index (χ1n) is 9.99. The van der Waals surface area contributed by atoms with Crippen molar-refractivity contribution in [3.8, 4) is 11.4 Å². The van der Waals surface area contributed by atoms with Crippen LogP contribution in [0.4, 0.5) is 0 Å². The first-order chi connectivity index (χ1) is 14.2. The minimum absolute atomic E-state index is 0.0828. The summed E-state index contributed by atoms with van der Waals surface area (Å²) >= 11 is 0. The number of ether oxygens (including phenoxy) is 1. The Labute approximate surface area is 169 Å². The van der Waals surface area contributed by atoms with E-state index < -0.39 is 0 Å². The summed E-state index contributed by atoms with van der Waals surface area (Å²) in [6.07, 6.45) is 6.03. The molecular formula is C22H23N5O2. The summed E-state index contributed by atoms with van der Waals surface area (Å²) in [4.78, 5) is 13.1. The number of fused-ring (bicyclic) bond motifs is 1. The van der Waals surface area contributed by atoms with Crippen LogP contribution in [0.25, 0.3) is 5.69 Å². The van der Waals surface area contributed by atoms with E-state index in [0.717, 1.165) is 49.4 Å². The first-order valence-corrected chi connectivity index (χ1v) is 9.99. The zero-order valence-electron chi connectivity index (χ0n) is 16.0. The third-order valence-electron chi connectivity index (χ3n) is 5.81. The number of benzene rings is 2. The molecule has 1 spiro atoms. The average Bonchev–Trinajstić information content (AvgIpc) is 3.29. The predicted molar refractivity (Wildman–Crippen MR) is 108 cm³/mol. The Bertz CT molecular complexity index is 1010. The lowest BCUT2D eigenvalue weighted by molar-refractivity contribution is 0.00364. The minimum atomic E-state index is -0.222. The number of amides is 1. The van der Waals surface area contributed by atoms with E-state index in [-0.39, 0.29) is 17.6 Å². The average molecular weight is 389 g/mol. The van der Waals surface area contributed by atoms with Gasteiger partial charge in [0.25, 0.3) is 5.91 Å². The van der Waals surface area contributed by atoms with Crippen LogP contribution in [-0.4, -0.2) is 39.6 Å². The van der Waals surface area contributed by atoms with Crippen molar-refractivity contribution in [3.63, 3.8) is 0 Å². The van der Waals surface area contributed by atoms with Crippen molar-refractivity contribution in [2.24, 2.45) is 0 Å². The fraction of sp³-hybridized carbons (Fsp3) is 0.318. The summed E-state index contributed by atoms with van der Waals surface area (Å²) in [5.41, 5.74) is 2.22. The smallest absolute Gasteiger partial charge is 0.251 e. The van der Waals surface area contributed by atoms with E-state index in [0.29, 0.717) is 5.56 Å². The Morgan fingerprint density at radius 1 is 1.17 bits per heavy atom. The topological polar surface area (TPSA) is 81.1 Å². The summed E-state index contributed by atoms with van der Waals surface area (Å²) < 4.78 is 8.08. The maximum atomic E-state index is 13.1. The van der Waals surface area contributed by atoms with Gasteiger partial charge in [-0.2, -0.15) is 0 Å². The Morgan fingerprint density at radius 3 is 2.86 bits per heavy atom. The molecule has 1 amide bonds. The van der Waals surface area contributed by atoms with Gasteiger partial charge in [-0.1, -0.05) is 29.5 Å². The SMILES string of the molecule is O=C(NC1CC2(CCNCC2)Oc2ccccc21)c1cccc(-n2ccnn2)c1. The van der Waals surface area contributed by atoms with Gasteiger partial charge in [0.1, 0.15) is 11.4 Å². The molecule has 1 unspecified atom stereocenters. The molecule has 3 heterocycles. The van der Waals surface area contributed by atoms with E-state index in [1.54, 1.807) is 17.1 Å². The van der Waals surface area contributed by atoms with E-state index in [1.165, 1.54) is 0 Å². The maximum Gasteiger partial charge on any atom is 0.251 e. The van der Waals surface area contributed by atoms with Gasteiger partial charge in [-0.05, 0) is 50.2 Å². The Morgan fingerprint density at radius 2 is 2.03 bits per heavy atom. The van der Waals surface area contributed by atoms with Crippen LogP contribution in [0, 0.1) is 0 Å². The summed E-state index contributed by atoms with van der Waals surface area (Å²) in [6, 6.07) is 15.4. The van der Waals surface area contributed by atoms with Crippen LogP contribution in [0.15, 0.2) is 60.9 Å². The molecule has 7 nitrogen and oxygen atoms in total. The molecule has 2 N–H and O–H groups in total. The number of hydrogen-bond acceptors (Lipinski definition) is 5. The summed E-state index contributed by atoms with van der Waals surface area (Å²) in [7, 11) is 0. The normalized spacial score (nSPS) is 19.9. The number of piperidine rings is 1. The molecular weight excluding hydrogens is 366 g/mol. The summed E-state index contributed by atoms with van der Waals surface area (Å²) in [6.45, 7) is 1.87. The largest absolute Gasteiger partial charge is 0.487 e. The van der Waals surface area contributed by atoms with Gasteiger partial charge in [0.05, 0.1) is 24.1 Å². The quantitative estimate of drug-likeness (QED) is 0.720. The van der Waals surface area contributed by atoms with Gasteiger partial charge in [-0.3, -0.25) is 4.79 Å². The van der Waals surface area contributed by atoms with Crippen LogP contribution >= 0.6 is 0 Å². The molecule has 0 radical (unpaired) electrons. The predicted octanol–water partition coefficient (Wildman–Crippen LogP) is 2.64. The highest BCUT2D eigenvalue weighted by atomic mass is 16.5. The molecule has 1 aromatic heterocycles. The van der Waals surface area contributed by atoms with Gasteiger partial charge in [0.2, 0.25) is 0 Å². The van der Waals surface area contributed by atoms with Gasteiger partial charge >= 0.3 is 0 Å². The van der Waals surface area contributed by atoms with Crippen molar-refractivity contribution in [1.82, 2.24) is 25.6 Å². The van der Waals surface area contributed by atoms with Crippen molar-refractivity contribution >= 4 is 5.91 Å². The molecule has 29 heavy (non-hydrogen) atoms. The lowest BCUT2D eigenvalue weighted by Crippen LogP contribution is -2.51. The lowest BCUT2D eigenvalue weighted by Gasteiger charge is -2.44. The van der Waals surface area contributed by atoms with Gasteiger partial charge < -0.3 is 15.4 Å². The van der Waals surface area contributed by atoms with Crippen LogP contribution < -0.4 is 15.4 Å². The first kappa shape index (κ1) is 17.9. The third kappa shape index (κ3) is 3.49. The zero-order chi connectivity index (χ0) is 19.7. The Kier molecular flexibility index (Phi) is 4.52. The second-order valence-electron chi connectivity index (χ2n) is 7.70. The second kappa shape index (κ2) is 7.33. The highest BCUT2D eigenvalue weighted by molar-refractivity contribution is 5.95. The van der Waals surface area contributed by atoms with Crippen LogP contribution in [0.5, 0.6) is 5.75 Å². The minimum Gasteiger partial charge on any atom is -0.487 e. The van der Waals surface area contributed by atoms with Crippen molar-refractivity contribution in [2.75, 3.05) is 13.1 Å². The maximum absolute atomic E-state index is 13.1. The molecule has 148 valence electrons. The number of hydrogen-bond donors (Lipinski definition) is 2. The number of carbonyl (C=O) groups excluding carboxylic acids is 1. The number of nitrogens with one attached hydrogen (secondary N) is 2. The third-order valence-corrected chi connectivity index (χ3v) is 5.81. The molecule has 2 aliphatic rings.